The van der Waals surface area contributed by atoms with E-state index in [1.165, 1.54) is 11.3 Å². The number of methoxy groups -OCH3 is 1. The van der Waals surface area contributed by atoms with Gasteiger partial charge in [-0.25, -0.2) is 0 Å². The van der Waals surface area contributed by atoms with Crippen molar-refractivity contribution >= 4 is 23.2 Å². The summed E-state index contributed by atoms with van der Waals surface area (Å²) in [5.74, 6) is 0.793. The van der Waals surface area contributed by atoms with Gasteiger partial charge in [0.05, 0.1) is 24.1 Å². The molecule has 2 fully saturated rings. The Bertz CT molecular complexity index is 954. The van der Waals surface area contributed by atoms with E-state index in [1.807, 2.05) is 48.2 Å². The van der Waals surface area contributed by atoms with Crippen molar-refractivity contribution in [2.75, 3.05) is 26.7 Å². The molecule has 2 aromatic rings. The van der Waals surface area contributed by atoms with Crippen LogP contribution in [-0.4, -0.2) is 71.7 Å². The minimum absolute atomic E-state index is 0.0584. The molecule has 2 aliphatic heterocycles. The molecule has 0 aliphatic carbocycles. The van der Waals surface area contributed by atoms with Crippen LogP contribution in [-0.2, 0) is 11.3 Å². The van der Waals surface area contributed by atoms with Crippen molar-refractivity contribution in [3.8, 4) is 5.75 Å². The highest BCUT2D eigenvalue weighted by molar-refractivity contribution is 7.13. The van der Waals surface area contributed by atoms with E-state index >= 15 is 0 Å². The van der Waals surface area contributed by atoms with Crippen LogP contribution in [0.25, 0.3) is 0 Å². The molecule has 7 nitrogen and oxygen atoms in total. The molecule has 32 heavy (non-hydrogen) atoms. The number of carbonyl (C=O) groups is 2. The highest BCUT2D eigenvalue weighted by Crippen LogP contribution is 2.28. The molecule has 4 rings (SSSR count). The van der Waals surface area contributed by atoms with Crippen LogP contribution in [0.1, 0.15) is 39.4 Å². The zero-order valence-corrected chi connectivity index (χ0v) is 19.4. The summed E-state index contributed by atoms with van der Waals surface area (Å²) < 4.78 is 5.25. The number of hydrogen-bond acceptors (Lipinski definition) is 6. The van der Waals surface area contributed by atoms with Crippen molar-refractivity contribution in [1.82, 2.24) is 15.1 Å². The number of aryl methyl sites for hydroxylation is 1. The van der Waals surface area contributed by atoms with Gasteiger partial charge in [-0.3, -0.25) is 14.5 Å². The molecule has 1 aromatic heterocycles. The summed E-state index contributed by atoms with van der Waals surface area (Å²) in [5, 5.41) is 13.3. The fourth-order valence-corrected chi connectivity index (χ4v) is 5.53. The zero-order valence-electron chi connectivity index (χ0n) is 18.6. The molecule has 0 saturated carbocycles. The lowest BCUT2D eigenvalue weighted by molar-refractivity contribution is -0.126. The van der Waals surface area contributed by atoms with Gasteiger partial charge in [0.25, 0.3) is 5.91 Å². The van der Waals surface area contributed by atoms with E-state index < -0.39 is 6.10 Å². The molecule has 2 amide bonds. The number of β-amino-alcohol motifs (C(OH)–C–C–N with tert-alkyl or cyclic N) is 1. The van der Waals surface area contributed by atoms with E-state index in [-0.39, 0.29) is 23.9 Å². The van der Waals surface area contributed by atoms with Crippen molar-refractivity contribution < 1.29 is 19.4 Å². The number of benzene rings is 1. The number of hydrogen-bond donors (Lipinski definition) is 2. The van der Waals surface area contributed by atoms with Crippen molar-refractivity contribution in [2.45, 2.75) is 50.9 Å². The Balaban J connectivity index is 1.33. The number of nitrogens with one attached hydrogen (secondary N) is 1. The monoisotopic (exact) mass is 457 g/mol. The quantitative estimate of drug-likeness (QED) is 0.696. The molecule has 0 spiro atoms. The number of aliphatic hydroxyl groups is 1. The SMILES string of the molecule is COc1cccc(CNC(=O)[C@@H]2C[C@@H](O)CN2C2CCN(C(=O)c3ccc(C)s3)CC2)c1. The predicted octanol–water partition coefficient (Wildman–Crippen LogP) is 2.42. The first-order chi connectivity index (χ1) is 15.4. The van der Waals surface area contributed by atoms with Crippen LogP contribution < -0.4 is 10.1 Å². The van der Waals surface area contributed by atoms with Gasteiger partial charge in [0.1, 0.15) is 5.75 Å². The van der Waals surface area contributed by atoms with Gasteiger partial charge in [-0.1, -0.05) is 12.1 Å². The number of piperidine rings is 1. The van der Waals surface area contributed by atoms with Gasteiger partial charge in [-0.05, 0) is 56.0 Å². The number of likely N-dealkylation sites (tertiary alicyclic amines) is 2. The highest BCUT2D eigenvalue weighted by atomic mass is 32.1. The molecule has 1 aromatic carbocycles. The summed E-state index contributed by atoms with van der Waals surface area (Å²) in [5.41, 5.74) is 0.971. The highest BCUT2D eigenvalue weighted by Gasteiger charge is 2.41. The first-order valence-corrected chi connectivity index (χ1v) is 12.0. The van der Waals surface area contributed by atoms with Crippen molar-refractivity contribution in [3.63, 3.8) is 0 Å². The summed E-state index contributed by atoms with van der Waals surface area (Å²) >= 11 is 1.53. The van der Waals surface area contributed by atoms with Crippen molar-refractivity contribution in [3.05, 3.63) is 51.7 Å². The van der Waals surface area contributed by atoms with E-state index in [0.717, 1.165) is 33.9 Å². The van der Waals surface area contributed by atoms with Crippen LogP contribution in [0.2, 0.25) is 0 Å². The Morgan fingerprint density at radius 3 is 2.69 bits per heavy atom. The van der Waals surface area contributed by atoms with Crippen LogP contribution in [0, 0.1) is 6.92 Å². The average molecular weight is 458 g/mol. The summed E-state index contributed by atoms with van der Waals surface area (Å²) in [6.45, 7) is 4.27. The van der Waals surface area contributed by atoms with Crippen LogP contribution in [0.3, 0.4) is 0 Å². The molecular weight excluding hydrogens is 426 g/mol. The molecule has 2 atom stereocenters. The first kappa shape index (κ1) is 22.8. The number of amides is 2. The summed E-state index contributed by atoms with van der Waals surface area (Å²) in [6, 6.07) is 11.3. The smallest absolute Gasteiger partial charge is 0.263 e. The summed E-state index contributed by atoms with van der Waals surface area (Å²) in [7, 11) is 1.62. The van der Waals surface area contributed by atoms with Gasteiger partial charge in [0.2, 0.25) is 5.91 Å². The Morgan fingerprint density at radius 1 is 1.22 bits per heavy atom. The second kappa shape index (κ2) is 10.0. The third kappa shape index (κ3) is 5.14. The number of carbonyl (C=O) groups excluding carboxylic acids is 2. The Kier molecular flexibility index (Phi) is 7.13. The third-order valence-electron chi connectivity index (χ3n) is 6.39. The van der Waals surface area contributed by atoms with Crippen molar-refractivity contribution in [2.24, 2.45) is 0 Å². The molecule has 172 valence electrons. The lowest BCUT2D eigenvalue weighted by Crippen LogP contribution is -2.52. The summed E-state index contributed by atoms with van der Waals surface area (Å²) in [4.78, 5) is 31.7. The van der Waals surface area contributed by atoms with E-state index in [2.05, 4.69) is 10.2 Å². The standard InChI is InChI=1S/C24H31N3O4S/c1-16-6-7-22(32-16)24(30)26-10-8-18(9-11-26)27-15-19(28)13-21(27)23(29)25-14-17-4-3-5-20(12-17)31-2/h3-7,12,18-19,21,28H,8-11,13-15H2,1-2H3,(H,25,29)/t19-,21+/m1/s1. The maximum Gasteiger partial charge on any atom is 0.263 e. The number of nitrogens with zero attached hydrogens (tertiary/aromatic N) is 2. The van der Waals surface area contributed by atoms with Crippen LogP contribution in [0.5, 0.6) is 5.75 Å². The van der Waals surface area contributed by atoms with Gasteiger partial charge >= 0.3 is 0 Å². The second-order valence-electron chi connectivity index (χ2n) is 8.61. The normalized spacial score (nSPS) is 22.2. The molecule has 0 unspecified atom stereocenters. The minimum Gasteiger partial charge on any atom is -0.497 e. The van der Waals surface area contributed by atoms with Gasteiger partial charge in [0.15, 0.2) is 0 Å². The van der Waals surface area contributed by atoms with Gasteiger partial charge in [0, 0.05) is 37.1 Å². The molecule has 2 saturated heterocycles. The van der Waals surface area contributed by atoms with Gasteiger partial charge in [-0.15, -0.1) is 11.3 Å². The molecule has 3 heterocycles. The number of aliphatic hydroxyl groups excluding tert-OH is 1. The lowest BCUT2D eigenvalue weighted by atomic mass is 10.0. The predicted molar refractivity (Wildman–Crippen MR) is 124 cm³/mol. The Morgan fingerprint density at radius 2 is 2.00 bits per heavy atom. The molecular formula is C24H31N3O4S. The summed E-state index contributed by atoms with van der Waals surface area (Å²) in [6.07, 6.45) is 1.55. The fraction of sp³-hybridized carbons (Fsp3) is 0.500. The maximum atomic E-state index is 13.0. The zero-order chi connectivity index (χ0) is 22.7. The molecule has 0 radical (unpaired) electrons. The topological polar surface area (TPSA) is 82.1 Å². The molecule has 2 aliphatic rings. The van der Waals surface area contributed by atoms with Gasteiger partial charge < -0.3 is 20.1 Å². The van der Waals surface area contributed by atoms with Crippen molar-refractivity contribution in [1.29, 1.82) is 0 Å². The van der Waals surface area contributed by atoms with Crippen LogP contribution >= 0.6 is 11.3 Å². The lowest BCUT2D eigenvalue weighted by Gasteiger charge is -2.38. The van der Waals surface area contributed by atoms with E-state index in [9.17, 15) is 14.7 Å². The van der Waals surface area contributed by atoms with Gasteiger partial charge in [-0.2, -0.15) is 0 Å². The second-order valence-corrected chi connectivity index (χ2v) is 9.89. The Labute approximate surface area is 193 Å². The minimum atomic E-state index is -0.503. The molecule has 8 heteroatoms. The maximum absolute atomic E-state index is 13.0. The van der Waals surface area contributed by atoms with Crippen LogP contribution in [0.4, 0.5) is 0 Å². The van der Waals surface area contributed by atoms with E-state index in [0.29, 0.717) is 32.6 Å². The Hall–Kier alpha value is -2.42. The fourth-order valence-electron chi connectivity index (χ4n) is 4.69. The average Bonchev–Trinajstić information content (AvgIpc) is 3.43. The van der Waals surface area contributed by atoms with Crippen LogP contribution in [0.15, 0.2) is 36.4 Å². The number of rotatable bonds is 6. The largest absolute Gasteiger partial charge is 0.497 e. The third-order valence-corrected chi connectivity index (χ3v) is 7.38. The first-order valence-electron chi connectivity index (χ1n) is 11.1. The number of ether oxygens (including phenoxy) is 1. The molecule has 0 bridgehead atoms. The number of thiophene rings is 1. The van der Waals surface area contributed by atoms with E-state index in [4.69, 9.17) is 4.74 Å². The molecule has 2 N–H and O–H groups in total. The van der Waals surface area contributed by atoms with E-state index in [1.54, 1.807) is 7.11 Å².